The number of fused-ring (bicyclic) bond motifs is 1. The van der Waals surface area contributed by atoms with Crippen molar-refractivity contribution in [1.29, 1.82) is 0 Å². The number of aromatic amines is 1. The molecule has 0 unspecified atom stereocenters. The quantitative estimate of drug-likeness (QED) is 0.570. The van der Waals surface area contributed by atoms with Crippen molar-refractivity contribution >= 4 is 22.7 Å². The van der Waals surface area contributed by atoms with Crippen LogP contribution in [0.4, 0.5) is 10.5 Å². The summed E-state index contributed by atoms with van der Waals surface area (Å²) in [6.45, 7) is 5.32. The van der Waals surface area contributed by atoms with E-state index < -0.39 is 16.6 Å². The topological polar surface area (TPSA) is 103 Å². The molecule has 0 aliphatic carbocycles. The highest BCUT2D eigenvalue weighted by Gasteiger charge is 2.20. The number of ether oxygens (including phenoxy) is 1. The molecule has 3 rings (SSSR count). The molecule has 0 radical (unpaired) electrons. The summed E-state index contributed by atoms with van der Waals surface area (Å²) in [5.74, 6) is 0. The Hall–Kier alpha value is -3.16. The van der Waals surface area contributed by atoms with Gasteiger partial charge in [-0.05, 0) is 20.8 Å². The number of nitro benzene ring substituents is 1. The van der Waals surface area contributed by atoms with Gasteiger partial charge in [-0.3, -0.25) is 10.1 Å². The van der Waals surface area contributed by atoms with Crippen LogP contribution in [0.1, 0.15) is 20.8 Å². The van der Waals surface area contributed by atoms with Gasteiger partial charge >= 0.3 is 6.09 Å². The molecule has 0 saturated carbocycles. The number of hydrogen-bond acceptors (Lipinski definition) is 5. The van der Waals surface area contributed by atoms with Crippen LogP contribution in [-0.2, 0) is 4.74 Å². The minimum atomic E-state index is -0.620. The summed E-state index contributed by atoms with van der Waals surface area (Å²) >= 11 is 0. The Balaban J connectivity index is 1.99. The molecule has 8 heteroatoms. The smallest absolute Gasteiger partial charge is 0.435 e. The second-order valence-electron chi connectivity index (χ2n) is 6.31. The monoisotopic (exact) mass is 328 g/mol. The number of non-ortho nitro benzene ring substituents is 1. The van der Waals surface area contributed by atoms with E-state index in [2.05, 4.69) is 10.1 Å². The standard InChI is InChI=1S/C16H16N4O4/c1-16(2,3)24-15(21)19-9-10(7-18-19)12-8-17-14-11(12)5-4-6-13(14)20(22)23/h4-9,17H,1-3H3. The van der Waals surface area contributed by atoms with Gasteiger partial charge < -0.3 is 9.72 Å². The van der Waals surface area contributed by atoms with E-state index in [1.165, 1.54) is 18.5 Å². The fourth-order valence-corrected chi connectivity index (χ4v) is 2.40. The number of hydrogen-bond donors (Lipinski definition) is 1. The second kappa shape index (κ2) is 5.48. The van der Waals surface area contributed by atoms with Crippen molar-refractivity contribution in [2.24, 2.45) is 0 Å². The summed E-state index contributed by atoms with van der Waals surface area (Å²) in [5.41, 5.74) is 1.20. The van der Waals surface area contributed by atoms with Crippen molar-refractivity contribution in [1.82, 2.24) is 14.8 Å². The molecule has 2 aromatic heterocycles. The maximum atomic E-state index is 12.0. The van der Waals surface area contributed by atoms with Crippen LogP contribution < -0.4 is 0 Å². The average Bonchev–Trinajstić information content (AvgIpc) is 3.11. The normalized spacial score (nSPS) is 11.6. The molecular formula is C16H16N4O4. The number of nitrogens with one attached hydrogen (secondary N) is 1. The van der Waals surface area contributed by atoms with Gasteiger partial charge in [-0.15, -0.1) is 0 Å². The average molecular weight is 328 g/mol. The molecule has 0 amide bonds. The molecule has 0 atom stereocenters. The maximum Gasteiger partial charge on any atom is 0.435 e. The maximum absolute atomic E-state index is 12.0. The number of H-pyrrole nitrogens is 1. The predicted octanol–water partition coefficient (Wildman–Crippen LogP) is 3.72. The van der Waals surface area contributed by atoms with Gasteiger partial charge in [0.25, 0.3) is 5.69 Å². The van der Waals surface area contributed by atoms with Crippen LogP contribution >= 0.6 is 0 Å². The number of carbonyl (C=O) groups is 1. The molecule has 0 aliphatic heterocycles. The molecule has 1 aromatic carbocycles. The summed E-state index contributed by atoms with van der Waals surface area (Å²) < 4.78 is 6.36. The minimum absolute atomic E-state index is 0.00159. The van der Waals surface area contributed by atoms with Crippen molar-refractivity contribution in [2.45, 2.75) is 26.4 Å². The number of aromatic nitrogens is 3. The molecule has 1 N–H and O–H groups in total. The van der Waals surface area contributed by atoms with Gasteiger partial charge in [0.2, 0.25) is 0 Å². The highest BCUT2D eigenvalue weighted by molar-refractivity contribution is 5.99. The van der Waals surface area contributed by atoms with Gasteiger partial charge in [-0.1, -0.05) is 12.1 Å². The molecular weight excluding hydrogens is 312 g/mol. The summed E-state index contributed by atoms with van der Waals surface area (Å²) in [4.78, 5) is 25.6. The van der Waals surface area contributed by atoms with Crippen LogP contribution in [0, 0.1) is 10.1 Å². The number of benzene rings is 1. The lowest BCUT2D eigenvalue weighted by atomic mass is 10.1. The van der Waals surface area contributed by atoms with Crippen LogP contribution in [0.2, 0.25) is 0 Å². The van der Waals surface area contributed by atoms with Gasteiger partial charge in [-0.25, -0.2) is 4.79 Å². The van der Waals surface area contributed by atoms with Gasteiger partial charge in [0, 0.05) is 35.0 Å². The fraction of sp³-hybridized carbons (Fsp3) is 0.250. The highest BCUT2D eigenvalue weighted by atomic mass is 16.6. The van der Waals surface area contributed by atoms with E-state index in [4.69, 9.17) is 4.74 Å². The zero-order valence-electron chi connectivity index (χ0n) is 13.4. The molecule has 0 aliphatic rings. The van der Waals surface area contributed by atoms with E-state index in [-0.39, 0.29) is 5.69 Å². The number of carbonyl (C=O) groups excluding carboxylic acids is 1. The minimum Gasteiger partial charge on any atom is -0.442 e. The van der Waals surface area contributed by atoms with E-state index in [1.54, 1.807) is 39.1 Å². The second-order valence-corrected chi connectivity index (χ2v) is 6.31. The number of nitrogens with zero attached hydrogens (tertiary/aromatic N) is 3. The first-order valence-corrected chi connectivity index (χ1v) is 7.29. The molecule has 8 nitrogen and oxygen atoms in total. The van der Waals surface area contributed by atoms with E-state index in [0.29, 0.717) is 16.5 Å². The molecule has 2 heterocycles. The van der Waals surface area contributed by atoms with Gasteiger partial charge in [0.1, 0.15) is 11.1 Å². The van der Waals surface area contributed by atoms with Gasteiger partial charge in [0.05, 0.1) is 11.1 Å². The van der Waals surface area contributed by atoms with Crippen LogP contribution in [-0.4, -0.2) is 31.4 Å². The Bertz CT molecular complexity index is 933. The summed E-state index contributed by atoms with van der Waals surface area (Å²) in [7, 11) is 0. The summed E-state index contributed by atoms with van der Waals surface area (Å²) in [5, 5.41) is 15.8. The van der Waals surface area contributed by atoms with Crippen molar-refractivity contribution in [3.8, 4) is 11.1 Å². The first-order chi connectivity index (χ1) is 11.3. The van der Waals surface area contributed by atoms with E-state index in [9.17, 15) is 14.9 Å². The summed E-state index contributed by atoms with van der Waals surface area (Å²) in [6.07, 6.45) is 4.13. The third kappa shape index (κ3) is 2.85. The van der Waals surface area contributed by atoms with Crippen LogP contribution in [0.15, 0.2) is 36.8 Å². The molecule has 3 aromatic rings. The lowest BCUT2D eigenvalue weighted by molar-refractivity contribution is -0.383. The van der Waals surface area contributed by atoms with E-state index in [0.717, 1.165) is 10.2 Å². The Morgan fingerprint density at radius 2 is 2.12 bits per heavy atom. The van der Waals surface area contributed by atoms with Crippen molar-refractivity contribution in [3.63, 3.8) is 0 Å². The zero-order valence-corrected chi connectivity index (χ0v) is 13.4. The largest absolute Gasteiger partial charge is 0.442 e. The Morgan fingerprint density at radius 1 is 1.38 bits per heavy atom. The Kier molecular flexibility index (Phi) is 3.59. The third-order valence-electron chi connectivity index (χ3n) is 3.36. The lowest BCUT2D eigenvalue weighted by Crippen LogP contribution is -2.27. The molecule has 124 valence electrons. The fourth-order valence-electron chi connectivity index (χ4n) is 2.40. The number of nitro groups is 1. The molecule has 0 bridgehead atoms. The van der Waals surface area contributed by atoms with Crippen LogP contribution in [0.3, 0.4) is 0 Å². The predicted molar refractivity (Wildman–Crippen MR) is 87.8 cm³/mol. The Morgan fingerprint density at radius 3 is 2.79 bits per heavy atom. The van der Waals surface area contributed by atoms with Crippen molar-refractivity contribution in [2.75, 3.05) is 0 Å². The van der Waals surface area contributed by atoms with Crippen LogP contribution in [0.25, 0.3) is 22.0 Å². The van der Waals surface area contributed by atoms with Gasteiger partial charge in [0.15, 0.2) is 0 Å². The Labute approximate surface area is 137 Å². The summed E-state index contributed by atoms with van der Waals surface area (Å²) in [6, 6.07) is 4.84. The molecule has 0 fully saturated rings. The van der Waals surface area contributed by atoms with E-state index >= 15 is 0 Å². The molecule has 24 heavy (non-hydrogen) atoms. The first-order valence-electron chi connectivity index (χ1n) is 7.29. The molecule has 0 saturated heterocycles. The molecule has 0 spiro atoms. The lowest BCUT2D eigenvalue weighted by Gasteiger charge is -2.18. The first kappa shape index (κ1) is 15.7. The van der Waals surface area contributed by atoms with Crippen molar-refractivity contribution < 1.29 is 14.5 Å². The van der Waals surface area contributed by atoms with Crippen LogP contribution in [0.5, 0.6) is 0 Å². The number of para-hydroxylation sites is 1. The highest BCUT2D eigenvalue weighted by Crippen LogP contribution is 2.33. The van der Waals surface area contributed by atoms with Gasteiger partial charge in [-0.2, -0.15) is 9.78 Å². The van der Waals surface area contributed by atoms with Crippen molar-refractivity contribution in [3.05, 3.63) is 46.9 Å². The van der Waals surface area contributed by atoms with E-state index in [1.807, 2.05) is 0 Å². The number of rotatable bonds is 2. The SMILES string of the molecule is CC(C)(C)OC(=O)n1cc(-c2c[nH]c3c([N+](=O)[O-])cccc23)cn1. The zero-order chi connectivity index (χ0) is 17.5. The third-order valence-corrected chi connectivity index (χ3v) is 3.36.